The van der Waals surface area contributed by atoms with Crippen molar-refractivity contribution in [3.63, 3.8) is 0 Å². The predicted octanol–water partition coefficient (Wildman–Crippen LogP) is 2.05. The number of rotatable bonds is 4. The zero-order chi connectivity index (χ0) is 13.8. The number of anilines is 1. The number of hydrogen-bond acceptors (Lipinski definition) is 4. The van der Waals surface area contributed by atoms with Crippen LogP contribution in [0.5, 0.6) is 0 Å². The molecule has 1 heterocycles. The first-order valence-corrected chi connectivity index (χ1v) is 5.99. The Morgan fingerprint density at radius 3 is 2.79 bits per heavy atom. The van der Waals surface area contributed by atoms with Crippen molar-refractivity contribution in [2.45, 2.75) is 20.1 Å². The Kier molecular flexibility index (Phi) is 4.06. The maximum absolute atomic E-state index is 13.1. The standard InChI is InChI=1S/C14H16FN3O/c1-10-12(9-19)7-16-14(17-10)18(2)8-11-4-3-5-13(15)6-11/h3-7,19H,8-9H2,1-2H3. The van der Waals surface area contributed by atoms with Crippen LogP contribution in [0.4, 0.5) is 10.3 Å². The summed E-state index contributed by atoms with van der Waals surface area (Å²) in [5.41, 5.74) is 2.32. The van der Waals surface area contributed by atoms with Gasteiger partial charge in [0.05, 0.1) is 6.61 Å². The molecule has 100 valence electrons. The molecule has 0 amide bonds. The van der Waals surface area contributed by atoms with Gasteiger partial charge in [-0.05, 0) is 24.6 Å². The number of aromatic nitrogens is 2. The van der Waals surface area contributed by atoms with Crippen LogP contribution in [0.3, 0.4) is 0 Å². The highest BCUT2D eigenvalue weighted by Gasteiger charge is 2.08. The molecule has 19 heavy (non-hydrogen) atoms. The van der Waals surface area contributed by atoms with E-state index in [0.717, 1.165) is 11.3 Å². The SMILES string of the molecule is Cc1nc(N(C)Cc2cccc(F)c2)ncc1CO. The van der Waals surface area contributed by atoms with Crippen LogP contribution < -0.4 is 4.90 Å². The van der Waals surface area contributed by atoms with Gasteiger partial charge in [-0.2, -0.15) is 0 Å². The number of aryl methyl sites for hydroxylation is 1. The fourth-order valence-electron chi connectivity index (χ4n) is 1.80. The quantitative estimate of drug-likeness (QED) is 0.915. The van der Waals surface area contributed by atoms with Crippen LogP contribution in [-0.4, -0.2) is 22.1 Å². The van der Waals surface area contributed by atoms with Crippen molar-refractivity contribution in [3.8, 4) is 0 Å². The molecule has 0 bridgehead atoms. The number of nitrogens with zero attached hydrogens (tertiary/aromatic N) is 3. The summed E-state index contributed by atoms with van der Waals surface area (Å²) in [4.78, 5) is 10.3. The third-order valence-electron chi connectivity index (χ3n) is 2.89. The fourth-order valence-corrected chi connectivity index (χ4v) is 1.80. The van der Waals surface area contributed by atoms with Crippen molar-refractivity contribution in [3.05, 3.63) is 53.1 Å². The van der Waals surface area contributed by atoms with E-state index in [1.54, 1.807) is 12.3 Å². The second kappa shape index (κ2) is 5.75. The Hall–Kier alpha value is -2.01. The van der Waals surface area contributed by atoms with E-state index in [9.17, 15) is 4.39 Å². The lowest BCUT2D eigenvalue weighted by atomic mass is 10.2. The molecular formula is C14H16FN3O. The third kappa shape index (κ3) is 3.26. The van der Waals surface area contributed by atoms with Crippen LogP contribution in [0.1, 0.15) is 16.8 Å². The van der Waals surface area contributed by atoms with Crippen LogP contribution >= 0.6 is 0 Å². The van der Waals surface area contributed by atoms with E-state index < -0.39 is 0 Å². The minimum atomic E-state index is -0.251. The van der Waals surface area contributed by atoms with Gasteiger partial charge in [0.15, 0.2) is 0 Å². The van der Waals surface area contributed by atoms with Gasteiger partial charge in [0.25, 0.3) is 0 Å². The molecule has 5 heteroatoms. The van der Waals surface area contributed by atoms with Crippen molar-refractivity contribution in [2.24, 2.45) is 0 Å². The monoisotopic (exact) mass is 261 g/mol. The second-order valence-electron chi connectivity index (χ2n) is 4.42. The Bertz CT molecular complexity index is 574. The summed E-state index contributed by atoms with van der Waals surface area (Å²) < 4.78 is 13.1. The Balaban J connectivity index is 2.15. The van der Waals surface area contributed by atoms with Gasteiger partial charge in [0, 0.05) is 31.0 Å². The third-order valence-corrected chi connectivity index (χ3v) is 2.89. The van der Waals surface area contributed by atoms with E-state index in [1.807, 2.05) is 24.9 Å². The highest BCUT2D eigenvalue weighted by Crippen LogP contribution is 2.13. The average molecular weight is 261 g/mol. The van der Waals surface area contributed by atoms with E-state index >= 15 is 0 Å². The average Bonchev–Trinajstić information content (AvgIpc) is 2.38. The van der Waals surface area contributed by atoms with Gasteiger partial charge in [-0.15, -0.1) is 0 Å². The largest absolute Gasteiger partial charge is 0.392 e. The molecule has 0 spiro atoms. The van der Waals surface area contributed by atoms with Crippen LogP contribution in [0.15, 0.2) is 30.5 Å². The fraction of sp³-hybridized carbons (Fsp3) is 0.286. The predicted molar refractivity (Wildman–Crippen MR) is 71.2 cm³/mol. The Morgan fingerprint density at radius 1 is 1.37 bits per heavy atom. The lowest BCUT2D eigenvalue weighted by Gasteiger charge is -2.18. The molecule has 4 nitrogen and oxygen atoms in total. The zero-order valence-electron chi connectivity index (χ0n) is 11.0. The molecule has 0 atom stereocenters. The van der Waals surface area contributed by atoms with Gasteiger partial charge in [-0.25, -0.2) is 14.4 Å². The molecular weight excluding hydrogens is 245 g/mol. The van der Waals surface area contributed by atoms with Crippen LogP contribution in [-0.2, 0) is 13.2 Å². The zero-order valence-corrected chi connectivity index (χ0v) is 11.0. The molecule has 0 aliphatic heterocycles. The summed E-state index contributed by atoms with van der Waals surface area (Å²) in [6, 6.07) is 6.44. The van der Waals surface area contributed by atoms with E-state index in [-0.39, 0.29) is 12.4 Å². The van der Waals surface area contributed by atoms with Crippen molar-refractivity contribution in [2.75, 3.05) is 11.9 Å². The molecule has 0 saturated heterocycles. The molecule has 0 saturated carbocycles. The minimum absolute atomic E-state index is 0.0697. The number of halogens is 1. The van der Waals surface area contributed by atoms with Crippen molar-refractivity contribution >= 4 is 5.95 Å². The van der Waals surface area contributed by atoms with Gasteiger partial charge in [0.1, 0.15) is 5.82 Å². The summed E-state index contributed by atoms with van der Waals surface area (Å²) in [6.07, 6.45) is 1.61. The molecule has 2 rings (SSSR count). The van der Waals surface area contributed by atoms with E-state index in [1.165, 1.54) is 12.1 Å². The van der Waals surface area contributed by atoms with Gasteiger partial charge in [-0.3, -0.25) is 0 Å². The second-order valence-corrected chi connectivity index (χ2v) is 4.42. The van der Waals surface area contributed by atoms with E-state index in [4.69, 9.17) is 5.11 Å². The summed E-state index contributed by atoms with van der Waals surface area (Å²) >= 11 is 0. The topological polar surface area (TPSA) is 49.2 Å². The molecule has 0 aliphatic rings. The Labute approximate surface area is 111 Å². The number of hydrogen-bond donors (Lipinski definition) is 1. The molecule has 0 unspecified atom stereocenters. The minimum Gasteiger partial charge on any atom is -0.392 e. The van der Waals surface area contributed by atoms with Gasteiger partial charge in [0.2, 0.25) is 5.95 Å². The first-order valence-electron chi connectivity index (χ1n) is 5.99. The van der Waals surface area contributed by atoms with Crippen molar-refractivity contribution in [1.82, 2.24) is 9.97 Å². The number of aliphatic hydroxyl groups excluding tert-OH is 1. The molecule has 0 fully saturated rings. The van der Waals surface area contributed by atoms with Gasteiger partial charge < -0.3 is 10.0 Å². The number of aliphatic hydroxyl groups is 1. The smallest absolute Gasteiger partial charge is 0.225 e. The summed E-state index contributed by atoms with van der Waals surface area (Å²) in [7, 11) is 1.85. The lowest BCUT2D eigenvalue weighted by Crippen LogP contribution is -2.19. The molecule has 1 N–H and O–H groups in total. The Morgan fingerprint density at radius 2 is 2.16 bits per heavy atom. The molecule has 0 aliphatic carbocycles. The van der Waals surface area contributed by atoms with Crippen LogP contribution in [0.2, 0.25) is 0 Å². The van der Waals surface area contributed by atoms with E-state index in [2.05, 4.69) is 9.97 Å². The molecule has 1 aromatic carbocycles. The highest BCUT2D eigenvalue weighted by atomic mass is 19.1. The highest BCUT2D eigenvalue weighted by molar-refractivity contribution is 5.33. The van der Waals surface area contributed by atoms with Gasteiger partial charge in [-0.1, -0.05) is 12.1 Å². The molecule has 2 aromatic rings. The van der Waals surface area contributed by atoms with Crippen LogP contribution in [0.25, 0.3) is 0 Å². The maximum Gasteiger partial charge on any atom is 0.225 e. The first-order chi connectivity index (χ1) is 9.10. The maximum atomic E-state index is 13.1. The van der Waals surface area contributed by atoms with Crippen LogP contribution in [0, 0.1) is 12.7 Å². The van der Waals surface area contributed by atoms with E-state index in [0.29, 0.717) is 18.1 Å². The summed E-state index contributed by atoms with van der Waals surface area (Å²) in [6.45, 7) is 2.28. The molecule has 1 aromatic heterocycles. The number of benzene rings is 1. The first kappa shape index (κ1) is 13.4. The summed E-state index contributed by atoms with van der Waals surface area (Å²) in [5.74, 6) is 0.303. The normalized spacial score (nSPS) is 10.5. The summed E-state index contributed by atoms with van der Waals surface area (Å²) in [5, 5.41) is 9.08. The van der Waals surface area contributed by atoms with Crippen molar-refractivity contribution in [1.29, 1.82) is 0 Å². The van der Waals surface area contributed by atoms with Gasteiger partial charge >= 0.3 is 0 Å². The lowest BCUT2D eigenvalue weighted by molar-refractivity contribution is 0.280. The molecule has 0 radical (unpaired) electrons. The van der Waals surface area contributed by atoms with Crippen molar-refractivity contribution < 1.29 is 9.50 Å².